The first-order valence-electron chi connectivity index (χ1n) is 7.61. The zero-order valence-electron chi connectivity index (χ0n) is 13.7. The van der Waals surface area contributed by atoms with Crippen LogP contribution in [0.3, 0.4) is 0 Å². The van der Waals surface area contributed by atoms with E-state index in [1.54, 1.807) is 10.9 Å². The number of hydrogen-bond donors (Lipinski definition) is 1. The molecule has 10 heteroatoms. The Morgan fingerprint density at radius 3 is 2.92 bits per heavy atom. The molecule has 0 aliphatic carbocycles. The van der Waals surface area contributed by atoms with E-state index in [0.29, 0.717) is 23.0 Å². The molecule has 0 spiro atoms. The molecular formula is C16H14N4O4S2. The Morgan fingerprint density at radius 1 is 1.42 bits per heavy atom. The Kier molecular flexibility index (Phi) is 5.33. The third-order valence-electron chi connectivity index (χ3n) is 3.37. The molecule has 1 aliphatic heterocycles. The Bertz CT molecular complexity index is 909. The summed E-state index contributed by atoms with van der Waals surface area (Å²) in [6, 6.07) is 7.39. The van der Waals surface area contributed by atoms with E-state index in [-0.39, 0.29) is 4.32 Å². The van der Waals surface area contributed by atoms with Crippen LogP contribution in [0.1, 0.15) is 12.6 Å². The highest BCUT2D eigenvalue weighted by Crippen LogP contribution is 2.32. The lowest BCUT2D eigenvalue weighted by atomic mass is 10.3. The second kappa shape index (κ2) is 7.67. The molecule has 1 fully saturated rings. The number of carbonyl (C=O) groups excluding carboxylic acids is 1. The topological polar surface area (TPSA) is 97.6 Å². The molecule has 0 radical (unpaired) electrons. The molecule has 0 bridgehead atoms. The summed E-state index contributed by atoms with van der Waals surface area (Å²) in [6.07, 6.45) is 3.19. The minimum Gasteiger partial charge on any atom is -0.492 e. The minimum absolute atomic E-state index is 0.206. The lowest BCUT2D eigenvalue weighted by molar-refractivity contribution is -0.140. The smallest absolute Gasteiger partial charge is 0.323 e. The molecule has 1 aromatic heterocycles. The van der Waals surface area contributed by atoms with Crippen molar-refractivity contribution in [1.29, 1.82) is 0 Å². The number of aromatic nitrogens is 3. The third kappa shape index (κ3) is 3.75. The lowest BCUT2D eigenvalue weighted by Gasteiger charge is -2.09. The average molecular weight is 390 g/mol. The van der Waals surface area contributed by atoms with Crippen LogP contribution in [0.25, 0.3) is 11.8 Å². The van der Waals surface area contributed by atoms with E-state index in [9.17, 15) is 9.59 Å². The van der Waals surface area contributed by atoms with Gasteiger partial charge in [-0.15, -0.1) is 5.10 Å². The number of nitrogens with zero attached hydrogens (tertiary/aromatic N) is 4. The SMILES string of the molecule is CCOc1ccccc1-n1cc(/C=C2\SC(=S)N(CC(=O)O)C2=O)nn1. The quantitative estimate of drug-likeness (QED) is 0.590. The molecule has 1 N–H and O–H groups in total. The number of ether oxygens (including phenoxy) is 1. The van der Waals surface area contributed by atoms with Gasteiger partial charge in [0.1, 0.15) is 28.0 Å². The maximum absolute atomic E-state index is 12.3. The van der Waals surface area contributed by atoms with Crippen molar-refractivity contribution in [2.45, 2.75) is 6.92 Å². The summed E-state index contributed by atoms with van der Waals surface area (Å²) in [4.78, 5) is 24.5. The van der Waals surface area contributed by atoms with Crippen molar-refractivity contribution in [2.75, 3.05) is 13.2 Å². The van der Waals surface area contributed by atoms with E-state index in [1.807, 2.05) is 31.2 Å². The number of benzene rings is 1. The summed E-state index contributed by atoms with van der Waals surface area (Å²) < 4.78 is 7.33. The highest BCUT2D eigenvalue weighted by molar-refractivity contribution is 8.26. The Balaban J connectivity index is 1.85. The first-order valence-corrected chi connectivity index (χ1v) is 8.83. The fourth-order valence-corrected chi connectivity index (χ4v) is 3.53. The van der Waals surface area contributed by atoms with Crippen LogP contribution in [0.5, 0.6) is 5.75 Å². The van der Waals surface area contributed by atoms with Gasteiger partial charge in [0.2, 0.25) is 0 Å². The van der Waals surface area contributed by atoms with Gasteiger partial charge in [0.05, 0.1) is 17.7 Å². The molecule has 1 aliphatic rings. The maximum Gasteiger partial charge on any atom is 0.323 e. The lowest BCUT2D eigenvalue weighted by Crippen LogP contribution is -2.33. The van der Waals surface area contributed by atoms with Gasteiger partial charge < -0.3 is 9.84 Å². The fourth-order valence-electron chi connectivity index (χ4n) is 2.29. The van der Waals surface area contributed by atoms with Gasteiger partial charge in [-0.25, -0.2) is 4.68 Å². The number of rotatable bonds is 6. The number of para-hydroxylation sites is 2. The molecule has 2 aromatic rings. The first kappa shape index (κ1) is 18.1. The summed E-state index contributed by atoms with van der Waals surface area (Å²) in [5.41, 5.74) is 1.17. The van der Waals surface area contributed by atoms with Crippen LogP contribution in [-0.4, -0.2) is 54.3 Å². The largest absolute Gasteiger partial charge is 0.492 e. The number of thioether (sulfide) groups is 1. The molecule has 8 nitrogen and oxygen atoms in total. The third-order valence-corrected chi connectivity index (χ3v) is 4.75. The van der Waals surface area contributed by atoms with Crippen LogP contribution in [-0.2, 0) is 9.59 Å². The highest BCUT2D eigenvalue weighted by Gasteiger charge is 2.33. The molecule has 1 saturated heterocycles. The van der Waals surface area contributed by atoms with Gasteiger partial charge in [-0.05, 0) is 25.1 Å². The zero-order chi connectivity index (χ0) is 18.7. The van der Waals surface area contributed by atoms with Crippen LogP contribution in [0.4, 0.5) is 0 Å². The van der Waals surface area contributed by atoms with Crippen molar-refractivity contribution < 1.29 is 19.4 Å². The van der Waals surface area contributed by atoms with Crippen LogP contribution >= 0.6 is 24.0 Å². The van der Waals surface area contributed by atoms with Crippen LogP contribution in [0, 0.1) is 0 Å². The second-order valence-electron chi connectivity index (χ2n) is 5.15. The van der Waals surface area contributed by atoms with Crippen LogP contribution in [0.15, 0.2) is 35.4 Å². The van der Waals surface area contributed by atoms with E-state index >= 15 is 0 Å². The van der Waals surface area contributed by atoms with Gasteiger partial charge in [0.15, 0.2) is 0 Å². The normalized spacial score (nSPS) is 15.7. The van der Waals surface area contributed by atoms with E-state index in [2.05, 4.69) is 10.3 Å². The standard InChI is InChI=1S/C16H14N4O4S2/c1-2-24-12-6-4-3-5-11(12)20-8-10(17-18-20)7-13-15(23)19(9-14(21)22)16(25)26-13/h3-8H,2,9H2,1H3,(H,21,22)/b13-7-. The van der Waals surface area contributed by atoms with Gasteiger partial charge in [-0.2, -0.15) is 0 Å². The van der Waals surface area contributed by atoms with Crippen molar-refractivity contribution >= 4 is 46.3 Å². The number of hydrogen-bond acceptors (Lipinski definition) is 7. The van der Waals surface area contributed by atoms with Crippen LogP contribution in [0.2, 0.25) is 0 Å². The number of amides is 1. The van der Waals surface area contributed by atoms with E-state index in [0.717, 1.165) is 22.3 Å². The van der Waals surface area contributed by atoms with Crippen molar-refractivity contribution in [3.8, 4) is 11.4 Å². The number of carbonyl (C=O) groups is 2. The summed E-state index contributed by atoms with van der Waals surface area (Å²) in [5, 5.41) is 17.0. The summed E-state index contributed by atoms with van der Waals surface area (Å²) >= 11 is 6.10. The van der Waals surface area contributed by atoms with Crippen molar-refractivity contribution in [3.63, 3.8) is 0 Å². The first-order chi connectivity index (χ1) is 12.5. The molecule has 2 heterocycles. The molecule has 26 heavy (non-hydrogen) atoms. The van der Waals surface area contributed by atoms with Crippen molar-refractivity contribution in [2.24, 2.45) is 0 Å². The second-order valence-corrected chi connectivity index (χ2v) is 6.83. The fraction of sp³-hybridized carbons (Fsp3) is 0.188. The summed E-state index contributed by atoms with van der Waals surface area (Å²) in [6.45, 7) is 1.95. The monoisotopic (exact) mass is 390 g/mol. The van der Waals surface area contributed by atoms with Gasteiger partial charge >= 0.3 is 5.97 Å². The van der Waals surface area contributed by atoms with E-state index in [1.165, 1.54) is 6.08 Å². The van der Waals surface area contributed by atoms with Crippen LogP contribution < -0.4 is 4.74 Å². The Labute approximate surface area is 158 Å². The molecule has 1 amide bonds. The van der Waals surface area contributed by atoms with Crippen molar-refractivity contribution in [1.82, 2.24) is 19.9 Å². The molecule has 0 atom stereocenters. The molecule has 0 saturated carbocycles. The maximum atomic E-state index is 12.3. The number of thiocarbonyl (C=S) groups is 1. The van der Waals surface area contributed by atoms with Gasteiger partial charge in [-0.1, -0.05) is 41.3 Å². The molecular weight excluding hydrogens is 376 g/mol. The molecule has 134 valence electrons. The number of carboxylic acid groups (broad SMARTS) is 1. The Morgan fingerprint density at radius 2 is 2.19 bits per heavy atom. The Hall–Kier alpha value is -2.72. The predicted octanol–water partition coefficient (Wildman–Crippen LogP) is 1.95. The van der Waals surface area contributed by atoms with E-state index in [4.69, 9.17) is 22.1 Å². The molecule has 1 aromatic carbocycles. The predicted molar refractivity (Wildman–Crippen MR) is 100 cm³/mol. The number of carboxylic acids is 1. The number of aliphatic carboxylic acids is 1. The molecule has 3 rings (SSSR count). The average Bonchev–Trinajstić information content (AvgIpc) is 3.16. The summed E-state index contributed by atoms with van der Waals surface area (Å²) in [7, 11) is 0. The van der Waals surface area contributed by atoms with E-state index < -0.39 is 18.4 Å². The van der Waals surface area contributed by atoms with Gasteiger partial charge in [0, 0.05) is 0 Å². The van der Waals surface area contributed by atoms with Gasteiger partial charge in [0.25, 0.3) is 5.91 Å². The van der Waals surface area contributed by atoms with Crippen molar-refractivity contribution in [3.05, 3.63) is 41.1 Å². The summed E-state index contributed by atoms with van der Waals surface area (Å²) in [5.74, 6) is -0.910. The minimum atomic E-state index is -1.12. The highest BCUT2D eigenvalue weighted by atomic mass is 32.2. The molecule has 0 unspecified atom stereocenters. The van der Waals surface area contributed by atoms with Gasteiger partial charge in [-0.3, -0.25) is 14.5 Å². The zero-order valence-corrected chi connectivity index (χ0v) is 15.3.